The fourth-order valence-corrected chi connectivity index (χ4v) is 3.24. The number of rotatable bonds is 2. The third-order valence-electron chi connectivity index (χ3n) is 4.56. The van der Waals surface area contributed by atoms with Crippen molar-refractivity contribution in [3.8, 4) is 0 Å². The van der Waals surface area contributed by atoms with Gasteiger partial charge in [-0.2, -0.15) is 0 Å². The van der Waals surface area contributed by atoms with E-state index in [1.165, 1.54) is 16.8 Å². The summed E-state index contributed by atoms with van der Waals surface area (Å²) < 4.78 is 6.16. The Labute approximate surface area is 109 Å². The molecule has 98 valence electrons. The number of ether oxygens (including phenoxy) is 1. The summed E-state index contributed by atoms with van der Waals surface area (Å²) in [7, 11) is 2.15. The molecule has 0 amide bonds. The van der Waals surface area contributed by atoms with E-state index >= 15 is 0 Å². The Morgan fingerprint density at radius 1 is 1.50 bits per heavy atom. The van der Waals surface area contributed by atoms with Gasteiger partial charge in [0.2, 0.25) is 0 Å². The van der Waals surface area contributed by atoms with Crippen LogP contribution in [0.2, 0.25) is 0 Å². The third-order valence-corrected chi connectivity index (χ3v) is 4.56. The molecule has 1 aromatic rings. The summed E-state index contributed by atoms with van der Waals surface area (Å²) in [6.45, 7) is 8.18. The normalized spacial score (nSPS) is 29.8. The van der Waals surface area contributed by atoms with Crippen LogP contribution in [0.25, 0.3) is 0 Å². The number of benzene rings is 1. The molecule has 18 heavy (non-hydrogen) atoms. The van der Waals surface area contributed by atoms with Gasteiger partial charge >= 0.3 is 0 Å². The molecule has 2 unspecified atom stereocenters. The predicted octanol–water partition coefficient (Wildman–Crippen LogP) is 2.12. The molecule has 0 radical (unpaired) electrons. The van der Waals surface area contributed by atoms with Gasteiger partial charge in [0.25, 0.3) is 0 Å². The van der Waals surface area contributed by atoms with Crippen LogP contribution in [0.3, 0.4) is 0 Å². The van der Waals surface area contributed by atoms with Crippen molar-refractivity contribution in [1.82, 2.24) is 5.32 Å². The van der Waals surface area contributed by atoms with Crippen molar-refractivity contribution >= 4 is 5.69 Å². The van der Waals surface area contributed by atoms with Gasteiger partial charge in [-0.15, -0.1) is 0 Å². The number of anilines is 1. The van der Waals surface area contributed by atoms with E-state index in [1.807, 2.05) is 0 Å². The fourth-order valence-electron chi connectivity index (χ4n) is 3.24. The van der Waals surface area contributed by atoms with E-state index in [-0.39, 0.29) is 5.60 Å². The van der Waals surface area contributed by atoms with Crippen LogP contribution in [0.15, 0.2) is 18.2 Å². The van der Waals surface area contributed by atoms with E-state index in [4.69, 9.17) is 4.74 Å². The van der Waals surface area contributed by atoms with Crippen LogP contribution in [0.1, 0.15) is 30.9 Å². The molecule has 0 bridgehead atoms. The number of hydrogen-bond acceptors (Lipinski definition) is 3. The molecule has 0 saturated carbocycles. The lowest BCUT2D eigenvalue weighted by Gasteiger charge is -2.38. The number of fused-ring (bicyclic) bond motifs is 3. The second-order valence-corrected chi connectivity index (χ2v) is 5.64. The summed E-state index contributed by atoms with van der Waals surface area (Å²) in [5.74, 6) is 0.492. The SMILES string of the molecule is CCN(C)c1cccc2c1COC1(C)CNCC21. The summed E-state index contributed by atoms with van der Waals surface area (Å²) in [5.41, 5.74) is 4.17. The highest BCUT2D eigenvalue weighted by Gasteiger charge is 2.44. The highest BCUT2D eigenvalue weighted by atomic mass is 16.5. The van der Waals surface area contributed by atoms with Crippen molar-refractivity contribution < 1.29 is 4.74 Å². The second kappa shape index (κ2) is 4.25. The van der Waals surface area contributed by atoms with Crippen LogP contribution < -0.4 is 10.2 Å². The largest absolute Gasteiger partial charge is 0.375 e. The Balaban J connectivity index is 2.06. The first-order chi connectivity index (χ1) is 8.65. The van der Waals surface area contributed by atoms with Gasteiger partial charge in [-0.3, -0.25) is 0 Å². The maximum absolute atomic E-state index is 6.16. The maximum atomic E-state index is 6.16. The summed E-state index contributed by atoms with van der Waals surface area (Å²) in [6, 6.07) is 6.67. The third kappa shape index (κ3) is 1.65. The maximum Gasteiger partial charge on any atom is 0.0863 e. The van der Waals surface area contributed by atoms with Gasteiger partial charge in [0.1, 0.15) is 0 Å². The number of hydrogen-bond donors (Lipinski definition) is 1. The van der Waals surface area contributed by atoms with Crippen molar-refractivity contribution in [1.29, 1.82) is 0 Å². The molecule has 2 aliphatic rings. The van der Waals surface area contributed by atoms with Crippen LogP contribution >= 0.6 is 0 Å². The molecule has 3 rings (SSSR count). The van der Waals surface area contributed by atoms with Crippen molar-refractivity contribution in [2.24, 2.45) is 0 Å². The first kappa shape index (κ1) is 12.0. The first-order valence-electron chi connectivity index (χ1n) is 6.83. The van der Waals surface area contributed by atoms with E-state index in [0.717, 1.165) is 26.2 Å². The lowest BCUT2D eigenvalue weighted by Crippen LogP contribution is -2.40. The van der Waals surface area contributed by atoms with Crippen molar-refractivity contribution in [2.75, 3.05) is 31.6 Å². The fraction of sp³-hybridized carbons (Fsp3) is 0.600. The van der Waals surface area contributed by atoms with Crippen molar-refractivity contribution in [3.63, 3.8) is 0 Å². The van der Waals surface area contributed by atoms with Crippen LogP contribution in [-0.2, 0) is 11.3 Å². The Morgan fingerprint density at radius 3 is 3.11 bits per heavy atom. The molecule has 0 aromatic heterocycles. The topological polar surface area (TPSA) is 24.5 Å². The first-order valence-corrected chi connectivity index (χ1v) is 6.83. The average Bonchev–Trinajstić information content (AvgIpc) is 2.79. The Morgan fingerprint density at radius 2 is 2.33 bits per heavy atom. The van der Waals surface area contributed by atoms with Gasteiger partial charge in [0.05, 0.1) is 12.2 Å². The van der Waals surface area contributed by atoms with Gasteiger partial charge in [-0.05, 0) is 25.5 Å². The zero-order chi connectivity index (χ0) is 12.8. The van der Waals surface area contributed by atoms with Gasteiger partial charge < -0.3 is 15.0 Å². The minimum atomic E-state index is -0.0175. The molecular weight excluding hydrogens is 224 g/mol. The van der Waals surface area contributed by atoms with Crippen molar-refractivity contribution in [2.45, 2.75) is 32.0 Å². The predicted molar refractivity (Wildman–Crippen MR) is 74.2 cm³/mol. The lowest BCUT2D eigenvalue weighted by molar-refractivity contribution is -0.0515. The zero-order valence-electron chi connectivity index (χ0n) is 11.5. The van der Waals surface area contributed by atoms with E-state index < -0.39 is 0 Å². The van der Waals surface area contributed by atoms with Crippen LogP contribution in [0, 0.1) is 0 Å². The van der Waals surface area contributed by atoms with E-state index in [0.29, 0.717) is 5.92 Å². The quantitative estimate of drug-likeness (QED) is 0.865. The average molecular weight is 246 g/mol. The van der Waals surface area contributed by atoms with Crippen LogP contribution in [0.5, 0.6) is 0 Å². The zero-order valence-corrected chi connectivity index (χ0v) is 11.5. The lowest BCUT2D eigenvalue weighted by atomic mass is 9.81. The molecule has 1 N–H and O–H groups in total. The smallest absolute Gasteiger partial charge is 0.0863 e. The molecular formula is C15H22N2O. The number of nitrogens with one attached hydrogen (secondary N) is 1. The van der Waals surface area contributed by atoms with E-state index in [1.54, 1.807) is 0 Å². The Bertz CT molecular complexity index is 460. The molecule has 0 spiro atoms. The molecule has 0 aliphatic carbocycles. The Kier molecular flexibility index (Phi) is 2.83. The molecule has 2 heterocycles. The molecule has 2 atom stereocenters. The standard InChI is InChI=1S/C15H22N2O/c1-4-17(3)14-7-5-6-11-12(14)9-18-15(2)10-16-8-13(11)15/h5-7,13,16H,4,8-10H2,1-3H3. The molecule has 2 aliphatic heterocycles. The molecule has 3 heteroatoms. The van der Waals surface area contributed by atoms with Crippen LogP contribution in [0.4, 0.5) is 5.69 Å². The molecule has 1 saturated heterocycles. The van der Waals surface area contributed by atoms with Gasteiger partial charge in [-0.25, -0.2) is 0 Å². The highest BCUT2D eigenvalue weighted by molar-refractivity contribution is 5.58. The second-order valence-electron chi connectivity index (χ2n) is 5.64. The van der Waals surface area contributed by atoms with E-state index in [2.05, 4.69) is 49.3 Å². The molecule has 1 aromatic carbocycles. The van der Waals surface area contributed by atoms with Gasteiger partial charge in [0, 0.05) is 43.9 Å². The number of nitrogens with zero attached hydrogens (tertiary/aromatic N) is 1. The molecule has 3 nitrogen and oxygen atoms in total. The van der Waals surface area contributed by atoms with Crippen molar-refractivity contribution in [3.05, 3.63) is 29.3 Å². The monoisotopic (exact) mass is 246 g/mol. The van der Waals surface area contributed by atoms with Gasteiger partial charge in [0.15, 0.2) is 0 Å². The minimum absolute atomic E-state index is 0.0175. The minimum Gasteiger partial charge on any atom is -0.375 e. The summed E-state index contributed by atoms with van der Waals surface area (Å²) in [4.78, 5) is 2.30. The van der Waals surface area contributed by atoms with Gasteiger partial charge in [-0.1, -0.05) is 12.1 Å². The summed E-state index contributed by atoms with van der Waals surface area (Å²) in [5, 5.41) is 3.47. The molecule has 1 fully saturated rings. The highest BCUT2D eigenvalue weighted by Crippen LogP contribution is 2.43. The van der Waals surface area contributed by atoms with E-state index in [9.17, 15) is 0 Å². The Hall–Kier alpha value is -1.06. The summed E-state index contributed by atoms with van der Waals surface area (Å²) in [6.07, 6.45) is 0. The summed E-state index contributed by atoms with van der Waals surface area (Å²) >= 11 is 0. The van der Waals surface area contributed by atoms with Crippen LogP contribution in [-0.4, -0.2) is 32.3 Å².